The molecule has 2 fully saturated rings. The maximum Gasteiger partial charge on any atom is 0.120 e. The summed E-state index contributed by atoms with van der Waals surface area (Å²) in [4.78, 5) is 5.22. The van der Waals surface area contributed by atoms with Crippen LogP contribution in [0.25, 0.3) is 0 Å². The lowest BCUT2D eigenvalue weighted by molar-refractivity contribution is 0.154. The summed E-state index contributed by atoms with van der Waals surface area (Å²) >= 11 is 0. The molecule has 0 aromatic heterocycles. The van der Waals surface area contributed by atoms with Gasteiger partial charge in [-0.15, -0.1) is 0 Å². The Morgan fingerprint density at radius 1 is 1.14 bits per heavy atom. The van der Waals surface area contributed by atoms with Crippen molar-refractivity contribution in [2.75, 3.05) is 26.2 Å². The van der Waals surface area contributed by atoms with E-state index < -0.39 is 0 Å². The molecule has 2 atom stereocenters. The summed E-state index contributed by atoms with van der Waals surface area (Å²) < 4.78 is 0. The standard InChI is InChI=1S/C18H28N2O/c1-14-6-7-17(18(21)12-14)15(2)20-11-8-16(13-20)19-9-4-3-5-10-19/h6-7,12,15-16,21H,3-5,8-11,13H2,1-2H3. The normalized spacial score (nSPS) is 26.1. The molecule has 2 heterocycles. The van der Waals surface area contributed by atoms with Crippen LogP contribution in [0.1, 0.15) is 49.8 Å². The third-order valence-electron chi connectivity index (χ3n) is 5.29. The zero-order chi connectivity index (χ0) is 14.8. The molecule has 1 aromatic rings. The molecule has 1 aromatic carbocycles. The highest BCUT2D eigenvalue weighted by Crippen LogP contribution is 2.32. The highest BCUT2D eigenvalue weighted by atomic mass is 16.3. The van der Waals surface area contributed by atoms with Gasteiger partial charge in [0.15, 0.2) is 0 Å². The molecule has 2 unspecified atom stereocenters. The lowest BCUT2D eigenvalue weighted by Gasteiger charge is -2.33. The number of benzene rings is 1. The molecule has 2 saturated heterocycles. The summed E-state index contributed by atoms with van der Waals surface area (Å²) in [6.07, 6.45) is 5.41. The highest BCUT2D eigenvalue weighted by Gasteiger charge is 2.31. The number of nitrogens with zero attached hydrogens (tertiary/aromatic N) is 2. The van der Waals surface area contributed by atoms with E-state index in [0.717, 1.165) is 30.3 Å². The van der Waals surface area contributed by atoms with E-state index in [0.29, 0.717) is 11.8 Å². The second-order valence-corrected chi connectivity index (χ2v) is 6.77. The van der Waals surface area contributed by atoms with Crippen LogP contribution in [0.2, 0.25) is 0 Å². The van der Waals surface area contributed by atoms with Crippen LogP contribution in [0.5, 0.6) is 5.75 Å². The minimum Gasteiger partial charge on any atom is -0.508 e. The number of hydrogen-bond acceptors (Lipinski definition) is 3. The first-order valence-corrected chi connectivity index (χ1v) is 8.43. The van der Waals surface area contributed by atoms with Gasteiger partial charge in [0.25, 0.3) is 0 Å². The summed E-state index contributed by atoms with van der Waals surface area (Å²) in [5.41, 5.74) is 2.19. The summed E-state index contributed by atoms with van der Waals surface area (Å²) in [6, 6.07) is 7.10. The zero-order valence-electron chi connectivity index (χ0n) is 13.4. The average Bonchev–Trinajstić information content (AvgIpc) is 2.97. The van der Waals surface area contributed by atoms with E-state index in [9.17, 15) is 5.11 Å². The lowest BCUT2D eigenvalue weighted by Crippen LogP contribution is -2.41. The monoisotopic (exact) mass is 288 g/mol. The van der Waals surface area contributed by atoms with Crippen LogP contribution in [0.15, 0.2) is 18.2 Å². The van der Waals surface area contributed by atoms with Gasteiger partial charge in [-0.3, -0.25) is 9.80 Å². The van der Waals surface area contributed by atoms with Gasteiger partial charge >= 0.3 is 0 Å². The molecule has 2 aliphatic rings. The van der Waals surface area contributed by atoms with Crippen LogP contribution < -0.4 is 0 Å². The molecular formula is C18H28N2O. The molecule has 0 aliphatic carbocycles. The Labute approximate surface area is 128 Å². The van der Waals surface area contributed by atoms with Gasteiger partial charge in [0.2, 0.25) is 0 Å². The van der Waals surface area contributed by atoms with E-state index in [-0.39, 0.29) is 0 Å². The first-order chi connectivity index (χ1) is 10.1. The third-order valence-corrected chi connectivity index (χ3v) is 5.29. The Hall–Kier alpha value is -1.06. The Kier molecular flexibility index (Phi) is 4.51. The molecule has 3 nitrogen and oxygen atoms in total. The van der Waals surface area contributed by atoms with E-state index in [2.05, 4.69) is 28.9 Å². The predicted molar refractivity (Wildman–Crippen MR) is 86.7 cm³/mol. The number of aromatic hydroxyl groups is 1. The highest BCUT2D eigenvalue weighted by molar-refractivity contribution is 5.38. The van der Waals surface area contributed by atoms with Crippen molar-refractivity contribution >= 4 is 0 Å². The van der Waals surface area contributed by atoms with Gasteiger partial charge in [0, 0.05) is 30.7 Å². The van der Waals surface area contributed by atoms with Crippen molar-refractivity contribution in [1.29, 1.82) is 0 Å². The van der Waals surface area contributed by atoms with Crippen molar-refractivity contribution in [3.05, 3.63) is 29.3 Å². The number of rotatable bonds is 3. The number of likely N-dealkylation sites (tertiary alicyclic amines) is 2. The first kappa shape index (κ1) is 14.9. The van der Waals surface area contributed by atoms with Crippen LogP contribution >= 0.6 is 0 Å². The van der Waals surface area contributed by atoms with Gasteiger partial charge in [-0.05, 0) is 57.8 Å². The fourth-order valence-electron chi connectivity index (χ4n) is 3.91. The molecule has 1 N–H and O–H groups in total. The van der Waals surface area contributed by atoms with Crippen molar-refractivity contribution < 1.29 is 5.11 Å². The van der Waals surface area contributed by atoms with E-state index in [1.54, 1.807) is 0 Å². The minimum atomic E-state index is 0.306. The van der Waals surface area contributed by atoms with Crippen molar-refractivity contribution in [2.45, 2.75) is 51.6 Å². The van der Waals surface area contributed by atoms with Crippen molar-refractivity contribution in [3.8, 4) is 5.75 Å². The second-order valence-electron chi connectivity index (χ2n) is 6.77. The molecule has 0 spiro atoms. The minimum absolute atomic E-state index is 0.306. The van der Waals surface area contributed by atoms with Crippen molar-refractivity contribution in [1.82, 2.24) is 9.80 Å². The molecule has 116 valence electrons. The Balaban J connectivity index is 1.64. The van der Waals surface area contributed by atoms with Crippen LogP contribution in [-0.2, 0) is 0 Å². The number of hydrogen-bond donors (Lipinski definition) is 1. The van der Waals surface area contributed by atoms with Gasteiger partial charge < -0.3 is 5.11 Å². The smallest absolute Gasteiger partial charge is 0.120 e. The predicted octanol–water partition coefficient (Wildman–Crippen LogP) is 3.32. The molecule has 2 aliphatic heterocycles. The van der Waals surface area contributed by atoms with Gasteiger partial charge in [-0.2, -0.15) is 0 Å². The third kappa shape index (κ3) is 3.24. The van der Waals surface area contributed by atoms with Crippen LogP contribution in [-0.4, -0.2) is 47.1 Å². The molecular weight excluding hydrogens is 260 g/mol. The first-order valence-electron chi connectivity index (χ1n) is 8.43. The van der Waals surface area contributed by atoms with Gasteiger partial charge in [-0.25, -0.2) is 0 Å². The summed E-state index contributed by atoms with van der Waals surface area (Å²) in [6.45, 7) is 9.11. The second kappa shape index (κ2) is 6.37. The molecule has 3 rings (SSSR count). The van der Waals surface area contributed by atoms with Gasteiger partial charge in [0.05, 0.1) is 0 Å². The fourth-order valence-corrected chi connectivity index (χ4v) is 3.91. The van der Waals surface area contributed by atoms with Gasteiger partial charge in [-0.1, -0.05) is 18.6 Å². The average molecular weight is 288 g/mol. The molecule has 0 bridgehead atoms. The number of piperidine rings is 1. The van der Waals surface area contributed by atoms with E-state index in [1.165, 1.54) is 38.8 Å². The molecule has 0 radical (unpaired) electrons. The number of phenols is 1. The maximum atomic E-state index is 10.2. The summed E-state index contributed by atoms with van der Waals surface area (Å²) in [7, 11) is 0. The fraction of sp³-hybridized carbons (Fsp3) is 0.667. The Bertz CT molecular complexity index is 482. The topological polar surface area (TPSA) is 26.7 Å². The van der Waals surface area contributed by atoms with E-state index in [1.807, 2.05) is 13.0 Å². The van der Waals surface area contributed by atoms with Crippen molar-refractivity contribution in [2.24, 2.45) is 0 Å². The molecule has 0 amide bonds. The van der Waals surface area contributed by atoms with Crippen molar-refractivity contribution in [3.63, 3.8) is 0 Å². The molecule has 21 heavy (non-hydrogen) atoms. The molecule has 3 heteroatoms. The van der Waals surface area contributed by atoms with Crippen LogP contribution in [0, 0.1) is 6.92 Å². The van der Waals surface area contributed by atoms with E-state index >= 15 is 0 Å². The van der Waals surface area contributed by atoms with Gasteiger partial charge in [0.1, 0.15) is 5.75 Å². The number of aryl methyl sites for hydroxylation is 1. The molecule has 0 saturated carbocycles. The number of phenolic OH excluding ortho intramolecular Hbond substituents is 1. The zero-order valence-corrected chi connectivity index (χ0v) is 13.4. The summed E-state index contributed by atoms with van der Waals surface area (Å²) in [5, 5.41) is 10.2. The quantitative estimate of drug-likeness (QED) is 0.924. The largest absolute Gasteiger partial charge is 0.508 e. The maximum absolute atomic E-state index is 10.2. The Morgan fingerprint density at radius 3 is 2.62 bits per heavy atom. The SMILES string of the molecule is Cc1ccc(C(C)N2CCC(N3CCCCC3)C2)c(O)c1. The van der Waals surface area contributed by atoms with E-state index in [4.69, 9.17) is 0 Å². The lowest BCUT2D eigenvalue weighted by atomic mass is 10.0. The Morgan fingerprint density at radius 2 is 1.90 bits per heavy atom. The van der Waals surface area contributed by atoms with Crippen LogP contribution in [0.4, 0.5) is 0 Å². The summed E-state index contributed by atoms with van der Waals surface area (Å²) in [5.74, 6) is 0.448. The van der Waals surface area contributed by atoms with Crippen LogP contribution in [0.3, 0.4) is 0 Å².